The maximum atomic E-state index is 5.27. The zero-order valence-corrected chi connectivity index (χ0v) is 8.66. The SMILES string of the molecule is CNC1=Cc2cnoc2C(C)(C)C=C1. The van der Waals surface area contributed by atoms with Crippen LogP contribution < -0.4 is 5.32 Å². The molecule has 0 aliphatic heterocycles. The number of allylic oxidation sites excluding steroid dienone is 2. The molecule has 0 fully saturated rings. The minimum atomic E-state index is -0.0963. The quantitative estimate of drug-likeness (QED) is 0.736. The lowest BCUT2D eigenvalue weighted by molar-refractivity contribution is 0.344. The second kappa shape index (κ2) is 3.01. The van der Waals surface area contributed by atoms with Crippen LogP contribution in [0.1, 0.15) is 25.2 Å². The number of fused-ring (bicyclic) bond motifs is 1. The Labute approximate surface area is 83.5 Å². The van der Waals surface area contributed by atoms with Gasteiger partial charge in [0.15, 0.2) is 5.76 Å². The molecule has 0 spiro atoms. The first-order valence-electron chi connectivity index (χ1n) is 4.67. The van der Waals surface area contributed by atoms with Crippen LogP contribution >= 0.6 is 0 Å². The summed E-state index contributed by atoms with van der Waals surface area (Å²) in [6.45, 7) is 4.22. The molecule has 3 nitrogen and oxygen atoms in total. The normalized spacial score (nSPS) is 18.4. The largest absolute Gasteiger partial charge is 0.388 e. The van der Waals surface area contributed by atoms with E-state index in [0.29, 0.717) is 0 Å². The van der Waals surface area contributed by atoms with Crippen molar-refractivity contribution in [3.05, 3.63) is 35.4 Å². The third-order valence-corrected chi connectivity index (χ3v) is 2.46. The highest BCUT2D eigenvalue weighted by Crippen LogP contribution is 2.31. The second-order valence-corrected chi connectivity index (χ2v) is 4.01. The van der Waals surface area contributed by atoms with Gasteiger partial charge < -0.3 is 9.84 Å². The molecule has 1 aliphatic rings. The van der Waals surface area contributed by atoms with Crippen molar-refractivity contribution in [1.29, 1.82) is 0 Å². The highest BCUT2D eigenvalue weighted by atomic mass is 16.5. The molecule has 0 saturated carbocycles. The molecular weight excluding hydrogens is 176 g/mol. The highest BCUT2D eigenvalue weighted by molar-refractivity contribution is 5.60. The number of hydrogen-bond donors (Lipinski definition) is 1. The molecule has 0 bridgehead atoms. The number of likely N-dealkylation sites (N-methyl/N-ethyl adjacent to an activating group) is 1. The van der Waals surface area contributed by atoms with Gasteiger partial charge in [-0.25, -0.2) is 0 Å². The van der Waals surface area contributed by atoms with E-state index >= 15 is 0 Å². The minimum absolute atomic E-state index is 0.0963. The predicted molar refractivity (Wildman–Crippen MR) is 55.7 cm³/mol. The molecule has 1 aliphatic carbocycles. The summed E-state index contributed by atoms with van der Waals surface area (Å²) in [6, 6.07) is 0. The van der Waals surface area contributed by atoms with E-state index in [1.165, 1.54) is 0 Å². The first kappa shape index (κ1) is 9.06. The number of nitrogens with zero attached hydrogens (tertiary/aromatic N) is 1. The van der Waals surface area contributed by atoms with Crippen molar-refractivity contribution < 1.29 is 4.52 Å². The third kappa shape index (κ3) is 1.35. The van der Waals surface area contributed by atoms with Crippen LogP contribution in [0.15, 0.2) is 28.6 Å². The summed E-state index contributed by atoms with van der Waals surface area (Å²) in [5.74, 6) is 0.916. The Balaban J connectivity index is 2.56. The van der Waals surface area contributed by atoms with Gasteiger partial charge in [-0.2, -0.15) is 0 Å². The molecule has 14 heavy (non-hydrogen) atoms. The Hall–Kier alpha value is -1.51. The fourth-order valence-electron chi connectivity index (χ4n) is 1.58. The first-order chi connectivity index (χ1) is 6.63. The third-order valence-electron chi connectivity index (χ3n) is 2.46. The summed E-state index contributed by atoms with van der Waals surface area (Å²) < 4.78 is 5.27. The Morgan fingerprint density at radius 3 is 2.93 bits per heavy atom. The standard InChI is InChI=1S/C11H14N2O/c1-11(2)5-4-9(12-3)6-8-7-13-14-10(8)11/h4-7,12H,1-3H3. The minimum Gasteiger partial charge on any atom is -0.388 e. The predicted octanol–water partition coefficient (Wildman–Crippen LogP) is 2.08. The van der Waals surface area contributed by atoms with E-state index in [4.69, 9.17) is 4.52 Å². The molecule has 1 aromatic heterocycles. The Kier molecular flexibility index (Phi) is 1.95. The molecule has 1 N–H and O–H groups in total. The van der Waals surface area contributed by atoms with Crippen molar-refractivity contribution in [1.82, 2.24) is 10.5 Å². The first-order valence-corrected chi connectivity index (χ1v) is 4.67. The molecular formula is C11H14N2O. The van der Waals surface area contributed by atoms with Gasteiger partial charge in [0.2, 0.25) is 0 Å². The van der Waals surface area contributed by atoms with Crippen molar-refractivity contribution in [3.63, 3.8) is 0 Å². The van der Waals surface area contributed by atoms with Gasteiger partial charge in [-0.15, -0.1) is 0 Å². The van der Waals surface area contributed by atoms with Gasteiger partial charge in [0.25, 0.3) is 0 Å². The van der Waals surface area contributed by atoms with Crippen LogP contribution in [0.2, 0.25) is 0 Å². The summed E-state index contributed by atoms with van der Waals surface area (Å²) in [4.78, 5) is 0. The van der Waals surface area contributed by atoms with E-state index in [-0.39, 0.29) is 5.41 Å². The van der Waals surface area contributed by atoms with Crippen molar-refractivity contribution in [2.75, 3.05) is 7.05 Å². The molecule has 0 amide bonds. The van der Waals surface area contributed by atoms with E-state index < -0.39 is 0 Å². The van der Waals surface area contributed by atoms with E-state index in [9.17, 15) is 0 Å². The Bertz CT molecular complexity index is 399. The van der Waals surface area contributed by atoms with Gasteiger partial charge >= 0.3 is 0 Å². The summed E-state index contributed by atoms with van der Waals surface area (Å²) in [7, 11) is 1.90. The van der Waals surface area contributed by atoms with E-state index in [1.54, 1.807) is 6.20 Å². The maximum Gasteiger partial charge on any atom is 0.153 e. The monoisotopic (exact) mass is 190 g/mol. The molecule has 2 rings (SSSR count). The zero-order chi connectivity index (χ0) is 10.2. The molecule has 0 saturated heterocycles. The number of nitrogens with one attached hydrogen (secondary N) is 1. The molecule has 74 valence electrons. The lowest BCUT2D eigenvalue weighted by Crippen LogP contribution is -2.12. The average Bonchev–Trinajstić information content (AvgIpc) is 2.56. The van der Waals surface area contributed by atoms with E-state index in [1.807, 2.05) is 13.1 Å². The van der Waals surface area contributed by atoms with Crippen LogP contribution in [0.25, 0.3) is 6.08 Å². The van der Waals surface area contributed by atoms with Crippen LogP contribution in [0.3, 0.4) is 0 Å². The van der Waals surface area contributed by atoms with Crippen LogP contribution in [0.4, 0.5) is 0 Å². The summed E-state index contributed by atoms with van der Waals surface area (Å²) in [5.41, 5.74) is 2.02. The van der Waals surface area contributed by atoms with Crippen molar-refractivity contribution in [2.45, 2.75) is 19.3 Å². The zero-order valence-electron chi connectivity index (χ0n) is 8.66. The van der Waals surface area contributed by atoms with Crippen LogP contribution in [-0.2, 0) is 5.41 Å². The molecule has 0 radical (unpaired) electrons. The summed E-state index contributed by atoms with van der Waals surface area (Å²) in [5, 5.41) is 6.95. The van der Waals surface area contributed by atoms with Crippen molar-refractivity contribution >= 4 is 6.08 Å². The molecule has 1 aromatic rings. The van der Waals surface area contributed by atoms with Gasteiger partial charge in [0.1, 0.15) is 0 Å². The molecule has 3 heteroatoms. The summed E-state index contributed by atoms with van der Waals surface area (Å²) in [6.07, 6.45) is 7.97. The van der Waals surface area contributed by atoms with Crippen LogP contribution in [0.5, 0.6) is 0 Å². The number of hydrogen-bond acceptors (Lipinski definition) is 3. The van der Waals surface area contributed by atoms with Gasteiger partial charge in [-0.05, 0) is 26.0 Å². The molecule has 0 aromatic carbocycles. The highest BCUT2D eigenvalue weighted by Gasteiger charge is 2.26. The van der Waals surface area contributed by atoms with Gasteiger partial charge in [0, 0.05) is 23.7 Å². The van der Waals surface area contributed by atoms with Gasteiger partial charge in [0.05, 0.1) is 6.20 Å². The van der Waals surface area contributed by atoms with Crippen molar-refractivity contribution in [3.8, 4) is 0 Å². The van der Waals surface area contributed by atoms with E-state index in [0.717, 1.165) is 17.0 Å². The summed E-state index contributed by atoms with van der Waals surface area (Å²) >= 11 is 0. The Morgan fingerprint density at radius 1 is 1.43 bits per heavy atom. The fourth-order valence-corrected chi connectivity index (χ4v) is 1.58. The van der Waals surface area contributed by atoms with Crippen LogP contribution in [0, 0.1) is 0 Å². The lowest BCUT2D eigenvalue weighted by atomic mass is 9.88. The molecule has 0 unspecified atom stereocenters. The Morgan fingerprint density at radius 2 is 2.21 bits per heavy atom. The van der Waals surface area contributed by atoms with E-state index in [2.05, 4.69) is 36.5 Å². The van der Waals surface area contributed by atoms with Gasteiger partial charge in [-0.3, -0.25) is 0 Å². The number of rotatable bonds is 1. The fraction of sp³-hybridized carbons (Fsp3) is 0.364. The maximum absolute atomic E-state index is 5.27. The van der Waals surface area contributed by atoms with Crippen molar-refractivity contribution in [2.24, 2.45) is 0 Å². The second-order valence-electron chi connectivity index (χ2n) is 4.01. The molecule has 0 atom stereocenters. The van der Waals surface area contributed by atoms with Crippen LogP contribution in [-0.4, -0.2) is 12.2 Å². The smallest absolute Gasteiger partial charge is 0.153 e. The topological polar surface area (TPSA) is 38.1 Å². The van der Waals surface area contributed by atoms with Gasteiger partial charge in [-0.1, -0.05) is 11.2 Å². The number of aromatic nitrogens is 1. The lowest BCUT2D eigenvalue weighted by Gasteiger charge is -2.15. The average molecular weight is 190 g/mol. The molecule has 1 heterocycles.